The standard InChI is InChI=1S/C50H55BFN3O8S2/c1-49(2)41-33-37(52)21-27-42(41)54(30-9-5-6-17-46(56)53-51)44(49)28-19-35-14-12-15-36(48(35)63-38-22-24-39(25-23-38)65(60,61)62)20-29-45-50(3,4)47-40-16-8-7-13-34(40)18-26-43(47)55(45)31-10-11-32-64(57,58)59/h7-8,13,16,18-29,33H,5-6,9-12,14-15,17,30-32H2,1-4H3,(H2-,53,56,57,58,59,60,61,62)/p+1. The van der Waals surface area contributed by atoms with Crippen LogP contribution in [0.2, 0.25) is 0 Å². The van der Waals surface area contributed by atoms with E-state index in [0.717, 1.165) is 75.1 Å². The summed E-state index contributed by atoms with van der Waals surface area (Å²) in [6.45, 7) is 9.70. The van der Waals surface area contributed by atoms with Crippen molar-refractivity contribution in [1.29, 1.82) is 0 Å². The number of carbonyl (C=O) groups excluding carboxylic acids is 1. The van der Waals surface area contributed by atoms with Crippen LogP contribution in [0.5, 0.6) is 5.75 Å². The van der Waals surface area contributed by atoms with Gasteiger partial charge >= 0.3 is 0 Å². The molecule has 0 spiro atoms. The molecular weight excluding hydrogens is 865 g/mol. The van der Waals surface area contributed by atoms with Crippen LogP contribution in [0.15, 0.2) is 131 Å². The molecule has 1 amide bonds. The summed E-state index contributed by atoms with van der Waals surface area (Å²) in [4.78, 5) is 13.7. The third-order valence-corrected chi connectivity index (χ3v) is 14.5. The molecule has 7 rings (SSSR count). The summed E-state index contributed by atoms with van der Waals surface area (Å²) in [5.41, 5.74) is 6.76. The Hall–Kier alpha value is -5.35. The lowest BCUT2D eigenvalue weighted by molar-refractivity contribution is -0.438. The van der Waals surface area contributed by atoms with Gasteiger partial charge in [0.05, 0.1) is 16.1 Å². The Morgan fingerprint density at radius 2 is 1.63 bits per heavy atom. The topological polar surface area (TPSA) is 153 Å². The third kappa shape index (κ3) is 10.5. The number of carbonyl (C=O) groups is 1. The molecule has 15 heteroatoms. The summed E-state index contributed by atoms with van der Waals surface area (Å²) in [6.07, 6.45) is 13.9. The number of nitrogens with one attached hydrogen (secondary N) is 1. The number of allylic oxidation sites excluding steroid dienone is 7. The monoisotopic (exact) mass is 920 g/mol. The molecule has 0 atom stereocenters. The van der Waals surface area contributed by atoms with Crippen molar-refractivity contribution in [2.45, 2.75) is 101 Å². The van der Waals surface area contributed by atoms with Gasteiger partial charge in [-0.05, 0) is 141 Å². The lowest BCUT2D eigenvalue weighted by atomic mass is 9.78. The van der Waals surface area contributed by atoms with Gasteiger partial charge in [-0.15, -0.1) is 0 Å². The molecule has 340 valence electrons. The predicted octanol–water partition coefficient (Wildman–Crippen LogP) is 9.71. The second kappa shape index (κ2) is 19.2. The highest BCUT2D eigenvalue weighted by molar-refractivity contribution is 7.86. The average molecular weight is 921 g/mol. The Bertz CT molecular complexity index is 2880. The summed E-state index contributed by atoms with van der Waals surface area (Å²) in [5, 5.41) is 4.42. The number of amides is 1. The summed E-state index contributed by atoms with van der Waals surface area (Å²) >= 11 is 0. The van der Waals surface area contributed by atoms with Crippen LogP contribution >= 0.6 is 0 Å². The second-order valence-electron chi connectivity index (χ2n) is 18.0. The third-order valence-electron chi connectivity index (χ3n) is 12.8. The quantitative estimate of drug-likeness (QED) is 0.0407. The highest BCUT2D eigenvalue weighted by Crippen LogP contribution is 2.49. The van der Waals surface area contributed by atoms with Crippen molar-refractivity contribution in [3.63, 3.8) is 0 Å². The van der Waals surface area contributed by atoms with E-state index < -0.39 is 31.1 Å². The van der Waals surface area contributed by atoms with E-state index in [0.29, 0.717) is 63.1 Å². The van der Waals surface area contributed by atoms with Crippen LogP contribution in [-0.2, 0) is 35.9 Å². The maximum atomic E-state index is 14.8. The van der Waals surface area contributed by atoms with Crippen LogP contribution in [0.1, 0.15) is 96.6 Å². The van der Waals surface area contributed by atoms with Crippen LogP contribution in [0, 0.1) is 5.82 Å². The van der Waals surface area contributed by atoms with E-state index in [1.165, 1.54) is 30.3 Å². The van der Waals surface area contributed by atoms with Crippen molar-refractivity contribution in [2.24, 2.45) is 0 Å². The number of ether oxygens (including phenoxy) is 1. The number of rotatable bonds is 17. The zero-order valence-corrected chi connectivity index (χ0v) is 38.9. The van der Waals surface area contributed by atoms with E-state index in [9.17, 15) is 35.1 Å². The van der Waals surface area contributed by atoms with E-state index in [2.05, 4.69) is 91.0 Å². The molecule has 2 aliphatic heterocycles. The second-order valence-corrected chi connectivity index (χ2v) is 21.0. The van der Waals surface area contributed by atoms with Gasteiger partial charge in [0.25, 0.3) is 20.2 Å². The van der Waals surface area contributed by atoms with Gasteiger partial charge in [0.2, 0.25) is 19.6 Å². The number of halogens is 1. The van der Waals surface area contributed by atoms with Crippen molar-refractivity contribution < 1.29 is 44.4 Å². The van der Waals surface area contributed by atoms with Crippen LogP contribution in [0.25, 0.3) is 10.8 Å². The van der Waals surface area contributed by atoms with E-state index in [4.69, 9.17) is 12.7 Å². The normalized spacial score (nSPS) is 18.3. The predicted molar refractivity (Wildman–Crippen MR) is 255 cm³/mol. The van der Waals surface area contributed by atoms with Crippen molar-refractivity contribution in [2.75, 3.05) is 23.7 Å². The van der Waals surface area contributed by atoms with Gasteiger partial charge in [-0.1, -0.05) is 50.6 Å². The van der Waals surface area contributed by atoms with Gasteiger partial charge in [-0.25, -0.2) is 4.39 Å². The van der Waals surface area contributed by atoms with Gasteiger partial charge in [-0.3, -0.25) is 13.9 Å². The zero-order valence-electron chi connectivity index (χ0n) is 37.3. The highest BCUT2D eigenvalue weighted by Gasteiger charge is 2.45. The van der Waals surface area contributed by atoms with Gasteiger partial charge in [0.15, 0.2) is 5.71 Å². The molecule has 65 heavy (non-hydrogen) atoms. The van der Waals surface area contributed by atoms with Crippen molar-refractivity contribution in [3.05, 3.63) is 143 Å². The summed E-state index contributed by atoms with van der Waals surface area (Å²) in [6, 6.07) is 23.0. The van der Waals surface area contributed by atoms with Crippen LogP contribution in [-0.4, -0.2) is 69.0 Å². The number of hydrogen-bond donors (Lipinski definition) is 3. The van der Waals surface area contributed by atoms with Gasteiger partial charge in [-0.2, -0.15) is 21.4 Å². The first kappa shape index (κ1) is 47.6. The van der Waals surface area contributed by atoms with Gasteiger partial charge in [0.1, 0.15) is 23.9 Å². The lowest BCUT2D eigenvalue weighted by Crippen LogP contribution is -2.28. The first-order valence-electron chi connectivity index (χ1n) is 22.1. The van der Waals surface area contributed by atoms with E-state index in [1.807, 2.05) is 18.2 Å². The number of nitrogens with zero attached hydrogens (tertiary/aromatic N) is 2. The summed E-state index contributed by atoms with van der Waals surface area (Å²) in [5.74, 6) is 0.130. The number of anilines is 1. The SMILES string of the molecule is [B]NC(=O)CCCCCN1C(=CC=C2CCCC(C=CC3=[N+](CCCCS(=O)(=O)O)c4ccc5ccccc5c4C3(C)C)=C2Oc2ccc(S(=O)(=O)O)cc2)C(C)(C)c2cc(F)ccc21. The molecule has 0 fully saturated rings. The lowest BCUT2D eigenvalue weighted by Gasteiger charge is -2.27. The Balaban J connectivity index is 1.31. The number of fused-ring (bicyclic) bond motifs is 4. The molecule has 0 aromatic heterocycles. The number of hydrogen-bond acceptors (Lipinski definition) is 7. The maximum absolute atomic E-state index is 14.8. The zero-order chi connectivity index (χ0) is 46.7. The molecule has 0 bridgehead atoms. The molecule has 1 aliphatic carbocycles. The molecule has 4 aromatic rings. The molecule has 3 aliphatic rings. The fourth-order valence-corrected chi connectivity index (χ4v) is 10.6. The molecule has 2 heterocycles. The van der Waals surface area contributed by atoms with Crippen LogP contribution < -0.4 is 14.9 Å². The average Bonchev–Trinajstić information content (AvgIpc) is 3.60. The van der Waals surface area contributed by atoms with E-state index >= 15 is 0 Å². The first-order valence-corrected chi connectivity index (χ1v) is 25.1. The summed E-state index contributed by atoms with van der Waals surface area (Å²) < 4.78 is 90.0. The molecule has 0 unspecified atom stereocenters. The molecular formula is C50H56BFN3O8S2+. The fraction of sp³-hybridized carbons (Fsp3) is 0.360. The smallest absolute Gasteiger partial charge is 0.294 e. The molecule has 3 N–H and O–H groups in total. The minimum Gasteiger partial charge on any atom is -0.457 e. The van der Waals surface area contributed by atoms with Crippen molar-refractivity contribution in [3.8, 4) is 5.75 Å². The van der Waals surface area contributed by atoms with Crippen LogP contribution in [0.4, 0.5) is 15.8 Å². The largest absolute Gasteiger partial charge is 0.457 e. The minimum absolute atomic E-state index is 0.210. The minimum atomic E-state index is -4.43. The Morgan fingerprint density at radius 1 is 0.877 bits per heavy atom. The van der Waals surface area contributed by atoms with Gasteiger partial charge < -0.3 is 14.9 Å². The number of unbranched alkanes of at least 4 members (excludes halogenated alkanes) is 3. The molecule has 4 aromatic carbocycles. The maximum Gasteiger partial charge on any atom is 0.294 e. The number of benzene rings is 4. The van der Waals surface area contributed by atoms with E-state index in [1.54, 1.807) is 6.07 Å². The van der Waals surface area contributed by atoms with Crippen LogP contribution in [0.3, 0.4) is 0 Å². The molecule has 2 radical (unpaired) electrons. The fourth-order valence-electron chi connectivity index (χ4n) is 9.53. The van der Waals surface area contributed by atoms with Crippen molar-refractivity contribution in [1.82, 2.24) is 5.23 Å². The van der Waals surface area contributed by atoms with Crippen molar-refractivity contribution >= 4 is 62.0 Å². The molecule has 11 nitrogen and oxygen atoms in total. The Morgan fingerprint density at radius 3 is 2.35 bits per heavy atom. The Labute approximate surface area is 383 Å². The highest BCUT2D eigenvalue weighted by atomic mass is 32.2. The summed E-state index contributed by atoms with van der Waals surface area (Å²) in [7, 11) is -3.26. The molecule has 0 saturated carbocycles. The van der Waals surface area contributed by atoms with E-state index in [-0.39, 0.29) is 22.4 Å². The first-order chi connectivity index (χ1) is 30.8. The van der Waals surface area contributed by atoms with Gasteiger partial charge in [0, 0.05) is 53.9 Å². The Kier molecular flexibility index (Phi) is 14.1. The molecule has 0 saturated heterocycles.